The van der Waals surface area contributed by atoms with Gasteiger partial charge in [0.25, 0.3) is 10.0 Å². The fourth-order valence-corrected chi connectivity index (χ4v) is 6.24. The zero-order valence-corrected chi connectivity index (χ0v) is 17.1. The molecule has 1 atom stereocenters. The minimum Gasteiger partial charge on any atom is -0.351 e. The number of anilines is 1. The van der Waals surface area contributed by atoms with Gasteiger partial charge in [-0.15, -0.1) is 11.3 Å². The number of fused-ring (bicyclic) bond motifs is 1. The second-order valence-corrected chi connectivity index (χ2v) is 11.2. The number of nitrogens with one attached hydrogen (secondary N) is 1. The molecule has 0 saturated carbocycles. The van der Waals surface area contributed by atoms with Gasteiger partial charge >= 0.3 is 0 Å². The van der Waals surface area contributed by atoms with E-state index in [4.69, 9.17) is 0 Å². The van der Waals surface area contributed by atoms with Crippen LogP contribution < -0.4 is 4.31 Å². The molecule has 0 saturated heterocycles. The zero-order valence-electron chi connectivity index (χ0n) is 14.7. The van der Waals surface area contributed by atoms with Crippen molar-refractivity contribution in [1.82, 2.24) is 4.98 Å². The van der Waals surface area contributed by atoms with Gasteiger partial charge in [-0.25, -0.2) is 8.42 Å². The lowest BCUT2D eigenvalue weighted by Crippen LogP contribution is -2.26. The van der Waals surface area contributed by atoms with Crippen LogP contribution in [0.3, 0.4) is 0 Å². The fourth-order valence-electron chi connectivity index (χ4n) is 2.91. The molecule has 27 heavy (non-hydrogen) atoms. The second-order valence-electron chi connectivity index (χ2n) is 6.48. The smallest absolute Gasteiger partial charge is 0.273 e. The standard InChI is InChI=1S/C18H17N3O3S3/c1-18(11-22)10-19-17(26-18)13-9-12-5-3-6-14(16(12)20-13)21(2)27(23,24)15-7-4-8-25-15/h3-9,11,20H,10H2,1-2H3. The Kier molecular flexibility index (Phi) is 4.40. The van der Waals surface area contributed by atoms with E-state index in [1.54, 1.807) is 30.6 Å². The Labute approximate surface area is 165 Å². The number of carbonyl (C=O) groups excluding carboxylic acids is 1. The maximum atomic E-state index is 12.9. The predicted octanol–water partition coefficient (Wildman–Crippen LogP) is 3.51. The van der Waals surface area contributed by atoms with Gasteiger partial charge in [-0.1, -0.05) is 30.0 Å². The number of H-pyrrole nitrogens is 1. The van der Waals surface area contributed by atoms with Crippen molar-refractivity contribution in [2.45, 2.75) is 15.9 Å². The van der Waals surface area contributed by atoms with Crippen molar-refractivity contribution in [3.8, 4) is 0 Å². The van der Waals surface area contributed by atoms with Crippen LogP contribution in [0.25, 0.3) is 10.9 Å². The van der Waals surface area contributed by atoms with Gasteiger partial charge in [0.2, 0.25) is 0 Å². The molecule has 3 heterocycles. The molecule has 0 amide bonds. The van der Waals surface area contributed by atoms with E-state index in [0.29, 0.717) is 16.4 Å². The molecule has 1 aliphatic heterocycles. The molecule has 1 N–H and O–H groups in total. The van der Waals surface area contributed by atoms with Crippen molar-refractivity contribution in [2.24, 2.45) is 4.99 Å². The van der Waals surface area contributed by atoms with Gasteiger partial charge < -0.3 is 9.78 Å². The normalized spacial score (nSPS) is 20.0. The first-order chi connectivity index (χ1) is 12.8. The summed E-state index contributed by atoms with van der Waals surface area (Å²) in [5, 5.41) is 3.39. The van der Waals surface area contributed by atoms with Crippen molar-refractivity contribution in [2.75, 3.05) is 17.9 Å². The number of hydrogen-bond acceptors (Lipinski definition) is 6. The van der Waals surface area contributed by atoms with E-state index in [2.05, 4.69) is 9.98 Å². The van der Waals surface area contributed by atoms with E-state index in [0.717, 1.165) is 27.9 Å². The molecular weight excluding hydrogens is 402 g/mol. The summed E-state index contributed by atoms with van der Waals surface area (Å²) >= 11 is 2.61. The number of aromatic amines is 1. The van der Waals surface area contributed by atoms with Gasteiger partial charge in [-0.2, -0.15) is 0 Å². The Morgan fingerprint density at radius 1 is 1.30 bits per heavy atom. The molecule has 0 fully saturated rings. The van der Waals surface area contributed by atoms with Crippen molar-refractivity contribution in [3.63, 3.8) is 0 Å². The van der Waals surface area contributed by atoms with Crippen molar-refractivity contribution in [1.29, 1.82) is 0 Å². The van der Waals surface area contributed by atoms with Crippen LogP contribution in [0.15, 0.2) is 51.0 Å². The predicted molar refractivity (Wildman–Crippen MR) is 112 cm³/mol. The van der Waals surface area contributed by atoms with Crippen LogP contribution in [-0.4, -0.2) is 43.1 Å². The summed E-state index contributed by atoms with van der Waals surface area (Å²) in [6.45, 7) is 2.29. The van der Waals surface area contributed by atoms with Crippen molar-refractivity contribution >= 4 is 61.0 Å². The van der Waals surface area contributed by atoms with Crippen LogP contribution in [0.2, 0.25) is 0 Å². The van der Waals surface area contributed by atoms with E-state index in [9.17, 15) is 13.2 Å². The maximum Gasteiger partial charge on any atom is 0.273 e. The van der Waals surface area contributed by atoms with Gasteiger partial charge in [0.15, 0.2) is 0 Å². The number of thiophene rings is 1. The number of benzene rings is 1. The molecule has 0 radical (unpaired) electrons. The molecule has 9 heteroatoms. The number of para-hydroxylation sites is 1. The summed E-state index contributed by atoms with van der Waals surface area (Å²) in [6, 6.07) is 10.8. The molecule has 0 aliphatic carbocycles. The number of thioether (sulfide) groups is 1. The summed E-state index contributed by atoms with van der Waals surface area (Å²) in [5.41, 5.74) is 2.07. The Morgan fingerprint density at radius 3 is 2.78 bits per heavy atom. The molecule has 0 bridgehead atoms. The molecule has 1 aliphatic rings. The number of sulfonamides is 1. The summed E-state index contributed by atoms with van der Waals surface area (Å²) in [7, 11) is -2.07. The summed E-state index contributed by atoms with van der Waals surface area (Å²) < 4.78 is 26.8. The fraction of sp³-hybridized carbons (Fsp3) is 0.222. The van der Waals surface area contributed by atoms with Crippen LogP contribution in [0.1, 0.15) is 12.6 Å². The van der Waals surface area contributed by atoms with Crippen LogP contribution in [-0.2, 0) is 14.8 Å². The molecule has 6 nitrogen and oxygen atoms in total. The molecule has 0 spiro atoms. The van der Waals surface area contributed by atoms with E-state index < -0.39 is 14.8 Å². The monoisotopic (exact) mass is 419 g/mol. The van der Waals surface area contributed by atoms with E-state index in [1.807, 2.05) is 25.1 Å². The van der Waals surface area contributed by atoms with Crippen molar-refractivity contribution < 1.29 is 13.2 Å². The third-order valence-electron chi connectivity index (χ3n) is 4.43. The first kappa shape index (κ1) is 18.3. The first-order valence-corrected chi connectivity index (χ1v) is 11.3. The summed E-state index contributed by atoms with van der Waals surface area (Å²) in [5.74, 6) is 0. The number of aliphatic imine (C=N–C) groups is 1. The minimum absolute atomic E-state index is 0.297. The van der Waals surface area contributed by atoms with Gasteiger partial charge in [-0.3, -0.25) is 9.30 Å². The Bertz CT molecular complexity index is 1150. The number of nitrogens with zero attached hydrogens (tertiary/aromatic N) is 2. The Morgan fingerprint density at radius 2 is 2.11 bits per heavy atom. The topological polar surface area (TPSA) is 82.6 Å². The van der Waals surface area contributed by atoms with Crippen LogP contribution in [0, 0.1) is 0 Å². The molecular formula is C18H17N3O3S3. The van der Waals surface area contributed by atoms with E-state index in [1.165, 1.54) is 27.4 Å². The molecule has 2 aromatic heterocycles. The van der Waals surface area contributed by atoms with Gasteiger partial charge in [0.05, 0.1) is 28.2 Å². The average molecular weight is 420 g/mol. The van der Waals surface area contributed by atoms with Crippen LogP contribution in [0.5, 0.6) is 0 Å². The third kappa shape index (κ3) is 3.09. The summed E-state index contributed by atoms with van der Waals surface area (Å²) in [6.07, 6.45) is 0.920. The first-order valence-electron chi connectivity index (χ1n) is 8.18. The molecule has 140 valence electrons. The highest BCUT2D eigenvalue weighted by atomic mass is 32.2. The lowest BCUT2D eigenvalue weighted by molar-refractivity contribution is -0.109. The quantitative estimate of drug-likeness (QED) is 0.642. The van der Waals surface area contributed by atoms with Gasteiger partial charge in [0.1, 0.15) is 15.5 Å². The molecule has 4 rings (SSSR count). The van der Waals surface area contributed by atoms with Crippen molar-refractivity contribution in [3.05, 3.63) is 47.5 Å². The van der Waals surface area contributed by atoms with E-state index >= 15 is 0 Å². The van der Waals surface area contributed by atoms with Crippen LogP contribution >= 0.6 is 23.1 Å². The van der Waals surface area contributed by atoms with Gasteiger partial charge in [-0.05, 0) is 30.5 Å². The third-order valence-corrected chi connectivity index (χ3v) is 8.81. The average Bonchev–Trinajstić information content (AvgIpc) is 3.39. The number of hydrogen-bond donors (Lipinski definition) is 1. The largest absolute Gasteiger partial charge is 0.351 e. The highest BCUT2D eigenvalue weighted by molar-refractivity contribution is 8.16. The number of aromatic nitrogens is 1. The number of rotatable bonds is 5. The van der Waals surface area contributed by atoms with Crippen LogP contribution in [0.4, 0.5) is 5.69 Å². The molecule has 1 aromatic carbocycles. The molecule has 3 aromatic rings. The van der Waals surface area contributed by atoms with Gasteiger partial charge in [0, 0.05) is 12.4 Å². The Hall–Kier alpha value is -2.10. The zero-order chi connectivity index (χ0) is 19.2. The van der Waals surface area contributed by atoms with E-state index in [-0.39, 0.29) is 0 Å². The lowest BCUT2D eigenvalue weighted by Gasteiger charge is -2.19. The molecule has 1 unspecified atom stereocenters. The SMILES string of the molecule is CN(c1cccc2cc(C3=NCC(C)(C=O)S3)[nH]c12)S(=O)(=O)c1cccs1. The second kappa shape index (κ2) is 6.50. The lowest BCUT2D eigenvalue weighted by atomic mass is 10.2. The maximum absolute atomic E-state index is 12.9. The highest BCUT2D eigenvalue weighted by Crippen LogP contribution is 2.36. The minimum atomic E-state index is -3.62. The number of aldehydes is 1. The number of carbonyl (C=O) groups is 1. The highest BCUT2D eigenvalue weighted by Gasteiger charge is 2.33. The Balaban J connectivity index is 1.76. The summed E-state index contributed by atoms with van der Waals surface area (Å²) in [4.78, 5) is 19.0.